The van der Waals surface area contributed by atoms with E-state index in [1.54, 1.807) is 18.2 Å². The van der Waals surface area contributed by atoms with Crippen LogP contribution in [-0.4, -0.2) is 28.2 Å². The highest BCUT2D eigenvalue weighted by Crippen LogP contribution is 2.28. The Bertz CT molecular complexity index is 1190. The lowest BCUT2D eigenvalue weighted by Crippen LogP contribution is -2.04. The summed E-state index contributed by atoms with van der Waals surface area (Å²) in [6.07, 6.45) is 0. The van der Waals surface area contributed by atoms with Crippen molar-refractivity contribution in [3.8, 4) is 0 Å². The molecule has 0 spiro atoms. The number of fused-ring (bicyclic) bond motifs is 3. The van der Waals surface area contributed by atoms with Crippen molar-refractivity contribution in [3.05, 3.63) is 58.7 Å². The van der Waals surface area contributed by atoms with Crippen molar-refractivity contribution in [3.63, 3.8) is 0 Å². The van der Waals surface area contributed by atoms with Crippen LogP contribution < -0.4 is 0 Å². The van der Waals surface area contributed by atoms with Gasteiger partial charge in [-0.2, -0.15) is 4.52 Å². The summed E-state index contributed by atoms with van der Waals surface area (Å²) in [7, 11) is -3.90. The molecule has 24 heavy (non-hydrogen) atoms. The number of nitrogens with zero attached hydrogens (tertiary/aromatic N) is 4. The molecule has 0 N–H and O–H groups in total. The number of rotatable bonds is 2. The standard InChI is InChI=1S/C15H8Cl2N4O2S/c16-9-5-7-10(8-6-9)24(22,23)15-14-18-13(17)11-3-1-2-4-12(11)21(14)20-19-15/h1-8H. The first-order chi connectivity index (χ1) is 11.5. The molecule has 120 valence electrons. The quantitative estimate of drug-likeness (QED) is 0.499. The summed E-state index contributed by atoms with van der Waals surface area (Å²) < 4.78 is 27.0. The van der Waals surface area contributed by atoms with Gasteiger partial charge in [0.1, 0.15) is 5.15 Å². The van der Waals surface area contributed by atoms with Crippen molar-refractivity contribution >= 4 is 49.6 Å². The van der Waals surface area contributed by atoms with Gasteiger partial charge in [-0.15, -0.1) is 5.10 Å². The van der Waals surface area contributed by atoms with Crippen LogP contribution in [0.4, 0.5) is 0 Å². The first-order valence-corrected chi connectivity index (χ1v) is 9.03. The second kappa shape index (κ2) is 5.41. The number of aromatic nitrogens is 4. The van der Waals surface area contributed by atoms with Gasteiger partial charge in [0.25, 0.3) is 0 Å². The largest absolute Gasteiger partial charge is 0.229 e. The van der Waals surface area contributed by atoms with Crippen molar-refractivity contribution in [2.45, 2.75) is 9.92 Å². The molecule has 0 fully saturated rings. The number of para-hydroxylation sites is 1. The normalized spacial score (nSPS) is 12.1. The fourth-order valence-electron chi connectivity index (χ4n) is 2.41. The van der Waals surface area contributed by atoms with Crippen molar-refractivity contribution in [2.75, 3.05) is 0 Å². The summed E-state index contributed by atoms with van der Waals surface area (Å²) in [4.78, 5) is 4.23. The number of sulfone groups is 1. The molecular formula is C15H8Cl2N4O2S. The molecule has 4 aromatic rings. The van der Waals surface area contributed by atoms with Gasteiger partial charge in [-0.05, 0) is 36.4 Å². The molecule has 0 saturated carbocycles. The van der Waals surface area contributed by atoms with Crippen LogP contribution >= 0.6 is 23.2 Å². The van der Waals surface area contributed by atoms with E-state index in [0.29, 0.717) is 15.9 Å². The van der Waals surface area contributed by atoms with E-state index in [-0.39, 0.29) is 20.7 Å². The summed E-state index contributed by atoms with van der Waals surface area (Å²) in [5.41, 5.74) is 0.700. The molecule has 2 heterocycles. The van der Waals surface area contributed by atoms with Gasteiger partial charge in [-0.3, -0.25) is 0 Å². The highest BCUT2D eigenvalue weighted by Gasteiger charge is 2.26. The van der Waals surface area contributed by atoms with Gasteiger partial charge in [0, 0.05) is 10.4 Å². The SMILES string of the molecule is O=S(=O)(c1ccc(Cl)cc1)c1nnn2c1nc(Cl)c1ccccc12. The zero-order valence-corrected chi connectivity index (χ0v) is 14.2. The van der Waals surface area contributed by atoms with E-state index < -0.39 is 9.84 Å². The van der Waals surface area contributed by atoms with E-state index >= 15 is 0 Å². The van der Waals surface area contributed by atoms with Gasteiger partial charge in [-0.1, -0.05) is 40.5 Å². The van der Waals surface area contributed by atoms with Crippen molar-refractivity contribution in [1.29, 1.82) is 0 Å². The smallest absolute Gasteiger partial charge is 0.217 e. The minimum atomic E-state index is -3.90. The third-order valence-electron chi connectivity index (χ3n) is 3.55. The maximum Gasteiger partial charge on any atom is 0.229 e. The van der Waals surface area contributed by atoms with E-state index in [4.69, 9.17) is 23.2 Å². The van der Waals surface area contributed by atoms with Gasteiger partial charge < -0.3 is 0 Å². The Morgan fingerprint density at radius 3 is 2.42 bits per heavy atom. The fourth-order valence-corrected chi connectivity index (χ4v) is 4.01. The lowest BCUT2D eigenvalue weighted by molar-refractivity contribution is 0.592. The maximum absolute atomic E-state index is 12.8. The molecule has 0 radical (unpaired) electrons. The molecule has 0 amide bonds. The molecule has 4 rings (SSSR count). The predicted molar refractivity (Wildman–Crippen MR) is 90.2 cm³/mol. The Kier molecular flexibility index (Phi) is 3.45. The van der Waals surface area contributed by atoms with Crippen molar-refractivity contribution < 1.29 is 8.42 Å². The van der Waals surface area contributed by atoms with Crippen LogP contribution in [0.1, 0.15) is 0 Å². The zero-order chi connectivity index (χ0) is 16.9. The molecule has 0 atom stereocenters. The summed E-state index contributed by atoms with van der Waals surface area (Å²) in [6, 6.07) is 13.0. The van der Waals surface area contributed by atoms with E-state index in [1.807, 2.05) is 6.07 Å². The lowest BCUT2D eigenvalue weighted by atomic mass is 10.2. The van der Waals surface area contributed by atoms with Crippen LogP contribution in [0.3, 0.4) is 0 Å². The highest BCUT2D eigenvalue weighted by atomic mass is 35.5. The van der Waals surface area contributed by atoms with E-state index in [1.165, 1.54) is 28.8 Å². The van der Waals surface area contributed by atoms with Gasteiger partial charge in [0.05, 0.1) is 10.4 Å². The van der Waals surface area contributed by atoms with Crippen LogP contribution in [0.5, 0.6) is 0 Å². The molecule has 0 aliphatic carbocycles. The third-order valence-corrected chi connectivity index (χ3v) is 5.76. The molecule has 0 saturated heterocycles. The Hall–Kier alpha value is -2.22. The Labute approximate surface area is 146 Å². The van der Waals surface area contributed by atoms with Crippen LogP contribution in [0.15, 0.2) is 58.5 Å². The van der Waals surface area contributed by atoms with Gasteiger partial charge in [0.2, 0.25) is 14.9 Å². The molecule has 0 unspecified atom stereocenters. The van der Waals surface area contributed by atoms with Crippen LogP contribution in [0, 0.1) is 0 Å². The molecule has 0 aliphatic rings. The van der Waals surface area contributed by atoms with Crippen molar-refractivity contribution in [2.24, 2.45) is 0 Å². The Balaban J connectivity index is 2.03. The minimum absolute atomic E-state index is 0.0559. The minimum Gasteiger partial charge on any atom is -0.217 e. The number of hydrogen-bond acceptors (Lipinski definition) is 5. The van der Waals surface area contributed by atoms with Crippen LogP contribution in [0.2, 0.25) is 10.2 Å². The first-order valence-electron chi connectivity index (χ1n) is 6.79. The average molecular weight is 379 g/mol. The van der Waals surface area contributed by atoms with Gasteiger partial charge in [0.15, 0.2) is 5.65 Å². The molecule has 2 aromatic heterocycles. The topological polar surface area (TPSA) is 77.2 Å². The van der Waals surface area contributed by atoms with Crippen LogP contribution in [-0.2, 0) is 9.84 Å². The van der Waals surface area contributed by atoms with E-state index in [0.717, 1.165) is 0 Å². The maximum atomic E-state index is 12.8. The summed E-state index contributed by atoms with van der Waals surface area (Å²) in [5.74, 6) is 0. The summed E-state index contributed by atoms with van der Waals surface area (Å²) >= 11 is 12.0. The molecule has 2 aromatic carbocycles. The second-order valence-corrected chi connectivity index (χ2v) is 7.67. The summed E-state index contributed by atoms with van der Waals surface area (Å²) in [6.45, 7) is 0. The molecule has 0 aliphatic heterocycles. The fraction of sp³-hybridized carbons (Fsp3) is 0. The highest BCUT2D eigenvalue weighted by molar-refractivity contribution is 7.91. The number of halogens is 2. The lowest BCUT2D eigenvalue weighted by Gasteiger charge is -2.04. The van der Waals surface area contributed by atoms with Crippen molar-refractivity contribution in [1.82, 2.24) is 19.8 Å². The monoisotopic (exact) mass is 378 g/mol. The number of benzene rings is 2. The second-order valence-electron chi connectivity index (χ2n) is 5.01. The first kappa shape index (κ1) is 15.3. The Morgan fingerprint density at radius 2 is 1.67 bits per heavy atom. The van der Waals surface area contributed by atoms with Crippen LogP contribution in [0.25, 0.3) is 16.6 Å². The zero-order valence-electron chi connectivity index (χ0n) is 11.9. The molecule has 6 nitrogen and oxygen atoms in total. The Morgan fingerprint density at radius 1 is 0.958 bits per heavy atom. The third kappa shape index (κ3) is 2.24. The predicted octanol–water partition coefficient (Wildman–Crippen LogP) is 3.42. The van der Waals surface area contributed by atoms with E-state index in [2.05, 4.69) is 15.3 Å². The average Bonchev–Trinajstić information content (AvgIpc) is 3.00. The van der Waals surface area contributed by atoms with Gasteiger partial charge >= 0.3 is 0 Å². The summed E-state index contributed by atoms with van der Waals surface area (Å²) in [5, 5.41) is 8.80. The number of hydrogen-bond donors (Lipinski definition) is 0. The molecule has 0 bridgehead atoms. The van der Waals surface area contributed by atoms with Gasteiger partial charge in [-0.25, -0.2) is 13.4 Å². The molecule has 9 heteroatoms. The van der Waals surface area contributed by atoms with E-state index in [9.17, 15) is 8.42 Å². The molecular weight excluding hydrogens is 371 g/mol.